The van der Waals surface area contributed by atoms with Crippen LogP contribution >= 0.6 is 11.8 Å². The summed E-state index contributed by atoms with van der Waals surface area (Å²) in [4.78, 5) is 11.0. The lowest BCUT2D eigenvalue weighted by Crippen LogP contribution is -2.26. The van der Waals surface area contributed by atoms with Crippen molar-refractivity contribution in [1.29, 1.82) is 0 Å². The molecule has 0 unspecified atom stereocenters. The molecule has 1 aliphatic rings. The van der Waals surface area contributed by atoms with Gasteiger partial charge >= 0.3 is 21.6 Å². The summed E-state index contributed by atoms with van der Waals surface area (Å²) in [6.07, 6.45) is 0.662. The van der Waals surface area contributed by atoms with Gasteiger partial charge in [0.05, 0.1) is 13.2 Å². The van der Waals surface area contributed by atoms with Crippen molar-refractivity contribution in [3.05, 3.63) is 0 Å². The lowest BCUT2D eigenvalue weighted by atomic mass is 10.4. The van der Waals surface area contributed by atoms with Crippen LogP contribution in [0, 0.1) is 0 Å². The number of esters is 1. The Bertz CT molecular complexity index is 392. The van der Waals surface area contributed by atoms with Crippen molar-refractivity contribution >= 4 is 27.8 Å². The number of halogens is 3. The quantitative estimate of drug-likeness (QED) is 0.319. The monoisotopic (exact) mass is 308 g/mol. The van der Waals surface area contributed by atoms with E-state index in [1.807, 2.05) is 0 Å². The number of carbonyl (C=O) groups excluding carboxylic acids is 1. The van der Waals surface area contributed by atoms with E-state index in [2.05, 4.69) is 8.92 Å². The highest BCUT2D eigenvalue weighted by molar-refractivity contribution is 8.00. The van der Waals surface area contributed by atoms with Crippen LogP contribution in [0.15, 0.2) is 0 Å². The molecule has 1 saturated heterocycles. The number of alkyl halides is 3. The summed E-state index contributed by atoms with van der Waals surface area (Å²) in [6, 6.07) is 0. The van der Waals surface area contributed by atoms with Gasteiger partial charge in [0.25, 0.3) is 0 Å². The second-order valence-corrected chi connectivity index (χ2v) is 6.31. The van der Waals surface area contributed by atoms with Crippen LogP contribution < -0.4 is 0 Å². The van der Waals surface area contributed by atoms with Gasteiger partial charge in [-0.15, -0.1) is 11.8 Å². The van der Waals surface area contributed by atoms with Crippen molar-refractivity contribution in [2.75, 3.05) is 19.0 Å². The fourth-order valence-electron chi connectivity index (χ4n) is 1.15. The molecule has 5 nitrogen and oxygen atoms in total. The first kappa shape index (κ1) is 15.6. The summed E-state index contributed by atoms with van der Waals surface area (Å²) < 4.78 is 65.1. The van der Waals surface area contributed by atoms with Gasteiger partial charge in [-0.1, -0.05) is 0 Å². The van der Waals surface area contributed by atoms with E-state index in [0.717, 1.165) is 0 Å². The first-order valence-corrected chi connectivity index (χ1v) is 7.43. The van der Waals surface area contributed by atoms with E-state index in [9.17, 15) is 26.4 Å². The standard InChI is InChI=1S/C8H11F3O5S2/c9-8(10,11)18(13,14)16-3-1-5-17-6-2-4-15-7(6)12/h6H,1-5H2/t6-/m0/s1. The molecule has 0 aromatic carbocycles. The van der Waals surface area contributed by atoms with Gasteiger partial charge in [0.1, 0.15) is 5.25 Å². The molecule has 1 rings (SSSR count). The van der Waals surface area contributed by atoms with Gasteiger partial charge in [-0.05, 0) is 12.2 Å². The van der Waals surface area contributed by atoms with Gasteiger partial charge in [0.15, 0.2) is 0 Å². The fraction of sp³-hybridized carbons (Fsp3) is 0.875. The van der Waals surface area contributed by atoms with Crippen LogP contribution in [-0.2, 0) is 23.8 Å². The number of hydrogen-bond donors (Lipinski definition) is 0. The van der Waals surface area contributed by atoms with Crippen molar-refractivity contribution in [1.82, 2.24) is 0 Å². The zero-order chi connectivity index (χ0) is 13.8. The van der Waals surface area contributed by atoms with Crippen LogP contribution in [0.3, 0.4) is 0 Å². The predicted octanol–water partition coefficient (Wildman–Crippen LogP) is 1.29. The minimum atomic E-state index is -5.51. The SMILES string of the molecule is O=C1OCC[C@@H]1SCCCOS(=O)(=O)C(F)(F)F. The highest BCUT2D eigenvalue weighted by Crippen LogP contribution is 2.25. The number of thioether (sulfide) groups is 1. The molecule has 0 aromatic rings. The summed E-state index contributed by atoms with van der Waals surface area (Å²) in [6.45, 7) is -0.216. The third-order valence-corrected chi connectivity index (χ3v) is 4.42. The molecule has 0 aliphatic carbocycles. The van der Waals surface area contributed by atoms with Crippen LogP contribution in [0.1, 0.15) is 12.8 Å². The van der Waals surface area contributed by atoms with Crippen LogP contribution in [0.4, 0.5) is 13.2 Å². The van der Waals surface area contributed by atoms with Gasteiger partial charge in [-0.2, -0.15) is 21.6 Å². The molecule has 1 aliphatic heterocycles. The molecule has 1 atom stereocenters. The molecule has 1 heterocycles. The average molecular weight is 308 g/mol. The maximum atomic E-state index is 11.9. The maximum Gasteiger partial charge on any atom is 0.523 e. The van der Waals surface area contributed by atoms with E-state index in [1.165, 1.54) is 11.8 Å². The second kappa shape index (κ2) is 6.11. The normalized spacial score (nSPS) is 21.1. The Morgan fingerprint density at radius 1 is 1.44 bits per heavy atom. The van der Waals surface area contributed by atoms with Crippen molar-refractivity contribution in [2.24, 2.45) is 0 Å². The Morgan fingerprint density at radius 2 is 2.11 bits per heavy atom. The zero-order valence-corrected chi connectivity index (χ0v) is 10.7. The highest BCUT2D eigenvalue weighted by Gasteiger charge is 2.47. The second-order valence-electron chi connectivity index (χ2n) is 3.39. The molecular formula is C8H11F3O5S2. The van der Waals surface area contributed by atoms with Gasteiger partial charge in [-0.25, -0.2) is 0 Å². The molecule has 0 spiro atoms. The Labute approximate surface area is 106 Å². The first-order valence-electron chi connectivity index (χ1n) is 4.98. The molecule has 1 fully saturated rings. The van der Waals surface area contributed by atoms with Gasteiger partial charge < -0.3 is 4.74 Å². The van der Waals surface area contributed by atoms with E-state index in [-0.39, 0.29) is 17.6 Å². The molecule has 0 aromatic heterocycles. The maximum absolute atomic E-state index is 11.9. The minimum Gasteiger partial charge on any atom is -0.465 e. The number of hydrogen-bond acceptors (Lipinski definition) is 6. The fourth-order valence-corrected chi connectivity index (χ4v) is 2.66. The molecule has 18 heavy (non-hydrogen) atoms. The summed E-state index contributed by atoms with van der Waals surface area (Å²) in [5.74, 6) is -0.0171. The number of cyclic esters (lactones) is 1. The van der Waals surface area contributed by atoms with Gasteiger partial charge in [0, 0.05) is 6.42 Å². The third-order valence-electron chi connectivity index (χ3n) is 2.02. The van der Waals surface area contributed by atoms with Crippen LogP contribution in [0.2, 0.25) is 0 Å². The lowest BCUT2D eigenvalue weighted by Gasteiger charge is -2.08. The number of carbonyl (C=O) groups is 1. The molecule has 0 N–H and O–H groups in total. The average Bonchev–Trinajstić information content (AvgIpc) is 2.62. The molecule has 0 bridgehead atoms. The molecule has 0 amide bonds. The van der Waals surface area contributed by atoms with E-state index in [1.54, 1.807) is 0 Å². The van der Waals surface area contributed by atoms with Gasteiger partial charge in [-0.3, -0.25) is 8.98 Å². The Balaban J connectivity index is 2.18. The third kappa shape index (κ3) is 4.32. The van der Waals surface area contributed by atoms with E-state index >= 15 is 0 Å². The molecule has 0 radical (unpaired) electrons. The van der Waals surface area contributed by atoms with Gasteiger partial charge in [0.2, 0.25) is 0 Å². The first-order chi connectivity index (χ1) is 8.24. The summed E-state index contributed by atoms with van der Waals surface area (Å²) in [7, 11) is -5.51. The Hall–Kier alpha value is -0.480. The number of rotatable bonds is 6. The van der Waals surface area contributed by atoms with E-state index in [4.69, 9.17) is 0 Å². The number of ether oxygens (including phenoxy) is 1. The molecule has 10 heteroatoms. The van der Waals surface area contributed by atoms with Crippen LogP contribution in [-0.4, -0.2) is 44.1 Å². The molecule has 0 saturated carbocycles. The summed E-state index contributed by atoms with van der Waals surface area (Å²) in [5, 5.41) is -0.316. The van der Waals surface area contributed by atoms with E-state index in [0.29, 0.717) is 18.8 Å². The minimum absolute atomic E-state index is 0.101. The van der Waals surface area contributed by atoms with Crippen molar-refractivity contribution in [3.63, 3.8) is 0 Å². The van der Waals surface area contributed by atoms with Crippen molar-refractivity contribution < 1.29 is 35.3 Å². The van der Waals surface area contributed by atoms with E-state index < -0.39 is 22.2 Å². The molecule has 106 valence electrons. The largest absolute Gasteiger partial charge is 0.523 e. The van der Waals surface area contributed by atoms with Crippen molar-refractivity contribution in [3.8, 4) is 0 Å². The lowest BCUT2D eigenvalue weighted by molar-refractivity contribution is -0.137. The molecular weight excluding hydrogens is 297 g/mol. The van der Waals surface area contributed by atoms with Crippen LogP contribution in [0.5, 0.6) is 0 Å². The highest BCUT2D eigenvalue weighted by atomic mass is 32.2. The Kier molecular flexibility index (Phi) is 5.29. The smallest absolute Gasteiger partial charge is 0.465 e. The van der Waals surface area contributed by atoms with Crippen molar-refractivity contribution in [2.45, 2.75) is 23.6 Å². The summed E-state index contributed by atoms with van der Waals surface area (Å²) >= 11 is 1.22. The Morgan fingerprint density at radius 3 is 2.61 bits per heavy atom. The summed E-state index contributed by atoms with van der Waals surface area (Å²) in [5.41, 5.74) is -5.39. The zero-order valence-electron chi connectivity index (χ0n) is 9.10. The topological polar surface area (TPSA) is 69.7 Å². The predicted molar refractivity (Wildman–Crippen MR) is 57.4 cm³/mol. The van der Waals surface area contributed by atoms with Crippen LogP contribution in [0.25, 0.3) is 0 Å².